The highest BCUT2D eigenvalue weighted by atomic mass is 32.2. The highest BCUT2D eigenvalue weighted by molar-refractivity contribution is 7.98. The Morgan fingerprint density at radius 2 is 2.33 bits per heavy atom. The maximum Gasteiger partial charge on any atom is 0.0113 e. The van der Waals surface area contributed by atoms with Crippen molar-refractivity contribution < 1.29 is 0 Å². The van der Waals surface area contributed by atoms with Crippen LogP contribution in [0.3, 0.4) is 0 Å². The lowest BCUT2D eigenvalue weighted by Gasteiger charge is -2.37. The van der Waals surface area contributed by atoms with Crippen LogP contribution in [0.15, 0.2) is 23.1 Å². The Morgan fingerprint density at radius 3 is 3.20 bits per heavy atom. The second kappa shape index (κ2) is 3.84. The largest absolute Gasteiger partial charge is 0.314 e. The summed E-state index contributed by atoms with van der Waals surface area (Å²) in [5.41, 5.74) is 3.22. The van der Waals surface area contributed by atoms with E-state index in [0.717, 1.165) is 12.0 Å². The SMILES string of the molecule is CSc1ccc2c(c1)C1CCNC(C2)C1. The van der Waals surface area contributed by atoms with E-state index < -0.39 is 0 Å². The lowest BCUT2D eigenvalue weighted by atomic mass is 9.76. The van der Waals surface area contributed by atoms with Crippen molar-refractivity contribution in [1.82, 2.24) is 5.32 Å². The number of benzene rings is 1. The van der Waals surface area contributed by atoms with E-state index in [-0.39, 0.29) is 0 Å². The van der Waals surface area contributed by atoms with Gasteiger partial charge in [-0.2, -0.15) is 0 Å². The smallest absolute Gasteiger partial charge is 0.0113 e. The molecule has 0 amide bonds. The zero-order chi connectivity index (χ0) is 10.3. The van der Waals surface area contributed by atoms with Crippen molar-refractivity contribution in [1.29, 1.82) is 0 Å². The molecule has 1 aliphatic carbocycles. The van der Waals surface area contributed by atoms with Crippen molar-refractivity contribution in [2.75, 3.05) is 12.8 Å². The number of hydrogen-bond donors (Lipinski definition) is 1. The Bertz CT molecular complexity index is 375. The van der Waals surface area contributed by atoms with Crippen LogP contribution >= 0.6 is 11.8 Å². The minimum Gasteiger partial charge on any atom is -0.314 e. The molecule has 2 heteroatoms. The summed E-state index contributed by atoms with van der Waals surface area (Å²) in [6.45, 7) is 1.21. The predicted molar refractivity (Wildman–Crippen MR) is 65.7 cm³/mol. The second-order valence-corrected chi connectivity index (χ2v) is 5.52. The molecule has 1 nitrogen and oxygen atoms in total. The number of nitrogens with one attached hydrogen (secondary N) is 1. The van der Waals surface area contributed by atoms with Crippen LogP contribution in [-0.4, -0.2) is 18.8 Å². The standard InChI is InChI=1S/C13H17NS/c1-15-12-3-2-9-6-11-7-10(4-5-14-11)13(9)8-12/h2-3,8,10-11,14H,4-7H2,1H3. The van der Waals surface area contributed by atoms with Gasteiger partial charge in [-0.3, -0.25) is 0 Å². The van der Waals surface area contributed by atoms with Gasteiger partial charge in [0.15, 0.2) is 0 Å². The van der Waals surface area contributed by atoms with Crippen LogP contribution in [0.25, 0.3) is 0 Å². The molecule has 1 aromatic rings. The van der Waals surface area contributed by atoms with Crippen molar-refractivity contribution >= 4 is 11.8 Å². The molecule has 2 bridgehead atoms. The van der Waals surface area contributed by atoms with E-state index in [1.165, 1.54) is 30.7 Å². The number of piperidine rings is 1. The van der Waals surface area contributed by atoms with Gasteiger partial charge in [-0.1, -0.05) is 6.07 Å². The second-order valence-electron chi connectivity index (χ2n) is 4.64. The van der Waals surface area contributed by atoms with Gasteiger partial charge in [0.2, 0.25) is 0 Å². The summed E-state index contributed by atoms with van der Waals surface area (Å²) < 4.78 is 0. The summed E-state index contributed by atoms with van der Waals surface area (Å²) in [4.78, 5) is 1.42. The van der Waals surface area contributed by atoms with Gasteiger partial charge < -0.3 is 5.32 Å². The normalized spacial score (nSPS) is 28.6. The predicted octanol–water partition coefficient (Wildman–Crippen LogP) is 2.80. The van der Waals surface area contributed by atoms with Crippen molar-refractivity contribution in [3.8, 4) is 0 Å². The van der Waals surface area contributed by atoms with Gasteiger partial charge in [0, 0.05) is 10.9 Å². The van der Waals surface area contributed by atoms with Gasteiger partial charge in [0.1, 0.15) is 0 Å². The quantitative estimate of drug-likeness (QED) is 0.729. The molecule has 2 aliphatic rings. The van der Waals surface area contributed by atoms with Gasteiger partial charge >= 0.3 is 0 Å². The molecule has 80 valence electrons. The van der Waals surface area contributed by atoms with Crippen LogP contribution in [0.1, 0.15) is 29.9 Å². The Balaban J connectivity index is 2.02. The van der Waals surface area contributed by atoms with Gasteiger partial charge in [-0.25, -0.2) is 0 Å². The van der Waals surface area contributed by atoms with Crippen LogP contribution in [0.5, 0.6) is 0 Å². The minimum absolute atomic E-state index is 0.747. The zero-order valence-electron chi connectivity index (χ0n) is 9.12. The first kappa shape index (κ1) is 9.73. The topological polar surface area (TPSA) is 12.0 Å². The van der Waals surface area contributed by atoms with Gasteiger partial charge in [-0.15, -0.1) is 11.8 Å². The molecule has 1 fully saturated rings. The van der Waals surface area contributed by atoms with E-state index >= 15 is 0 Å². The maximum absolute atomic E-state index is 3.61. The fraction of sp³-hybridized carbons (Fsp3) is 0.538. The van der Waals surface area contributed by atoms with Gasteiger partial charge in [0.05, 0.1) is 0 Å². The Labute approximate surface area is 95.6 Å². The molecule has 0 radical (unpaired) electrons. The van der Waals surface area contributed by atoms with Crippen LogP contribution < -0.4 is 5.32 Å². The number of hydrogen-bond acceptors (Lipinski definition) is 2. The van der Waals surface area contributed by atoms with Gasteiger partial charge in [0.25, 0.3) is 0 Å². The van der Waals surface area contributed by atoms with Crippen LogP contribution in [-0.2, 0) is 6.42 Å². The third kappa shape index (κ3) is 1.70. The average molecular weight is 219 g/mol. The number of rotatable bonds is 1. The molecular formula is C13H17NS. The first-order valence-electron chi connectivity index (χ1n) is 5.77. The van der Waals surface area contributed by atoms with Crippen molar-refractivity contribution in [3.63, 3.8) is 0 Å². The summed E-state index contributed by atoms with van der Waals surface area (Å²) in [5.74, 6) is 0.826. The summed E-state index contributed by atoms with van der Waals surface area (Å²) in [6, 6.07) is 7.78. The highest BCUT2D eigenvalue weighted by Gasteiger charge is 2.29. The molecule has 15 heavy (non-hydrogen) atoms. The summed E-state index contributed by atoms with van der Waals surface area (Å²) in [5, 5.41) is 3.61. The fourth-order valence-electron chi connectivity index (χ4n) is 2.98. The molecule has 1 aliphatic heterocycles. The molecule has 2 unspecified atom stereocenters. The zero-order valence-corrected chi connectivity index (χ0v) is 9.94. The molecule has 0 aromatic heterocycles. The first-order valence-corrected chi connectivity index (χ1v) is 6.99. The van der Waals surface area contributed by atoms with Crippen LogP contribution in [0.4, 0.5) is 0 Å². The van der Waals surface area contributed by atoms with E-state index in [2.05, 4.69) is 29.8 Å². The fourth-order valence-corrected chi connectivity index (χ4v) is 3.42. The highest BCUT2D eigenvalue weighted by Crippen LogP contribution is 2.37. The third-order valence-corrected chi connectivity index (χ3v) is 4.48. The lowest BCUT2D eigenvalue weighted by molar-refractivity contribution is 0.338. The molecule has 3 rings (SSSR count). The van der Waals surface area contributed by atoms with E-state index in [4.69, 9.17) is 0 Å². The van der Waals surface area contributed by atoms with E-state index in [0.29, 0.717) is 0 Å². The summed E-state index contributed by atoms with van der Waals surface area (Å²) in [7, 11) is 0. The van der Waals surface area contributed by atoms with E-state index in [9.17, 15) is 0 Å². The first-order chi connectivity index (χ1) is 7.36. The molecular weight excluding hydrogens is 202 g/mol. The Morgan fingerprint density at radius 1 is 1.40 bits per heavy atom. The van der Waals surface area contributed by atoms with Crippen molar-refractivity contribution in [3.05, 3.63) is 29.3 Å². The molecule has 2 atom stereocenters. The van der Waals surface area contributed by atoms with Crippen molar-refractivity contribution in [2.24, 2.45) is 0 Å². The molecule has 0 spiro atoms. The third-order valence-electron chi connectivity index (χ3n) is 3.75. The number of thioether (sulfide) groups is 1. The lowest BCUT2D eigenvalue weighted by Crippen LogP contribution is -2.42. The molecule has 1 saturated heterocycles. The Kier molecular flexibility index (Phi) is 2.49. The van der Waals surface area contributed by atoms with Crippen molar-refractivity contribution in [2.45, 2.75) is 36.1 Å². The average Bonchev–Trinajstić information content (AvgIpc) is 2.29. The molecule has 0 saturated carbocycles. The van der Waals surface area contributed by atoms with E-state index in [1.54, 1.807) is 11.1 Å². The van der Waals surface area contributed by atoms with Crippen LogP contribution in [0.2, 0.25) is 0 Å². The monoisotopic (exact) mass is 219 g/mol. The van der Waals surface area contributed by atoms with E-state index in [1.807, 2.05) is 11.8 Å². The number of fused-ring (bicyclic) bond motifs is 4. The summed E-state index contributed by atoms with van der Waals surface area (Å²) >= 11 is 1.86. The van der Waals surface area contributed by atoms with Gasteiger partial charge in [-0.05, 0) is 61.2 Å². The molecule has 1 aromatic carbocycles. The molecule has 1 N–H and O–H groups in total. The Hall–Kier alpha value is -0.470. The summed E-state index contributed by atoms with van der Waals surface area (Å²) in [6.07, 6.45) is 6.07. The van der Waals surface area contributed by atoms with Crippen LogP contribution in [0, 0.1) is 0 Å². The molecule has 1 heterocycles. The maximum atomic E-state index is 3.61. The minimum atomic E-state index is 0.747.